The van der Waals surface area contributed by atoms with E-state index in [1.807, 2.05) is 25.1 Å². The zero-order valence-corrected chi connectivity index (χ0v) is 10.4. The van der Waals surface area contributed by atoms with Gasteiger partial charge in [-0.3, -0.25) is 0 Å². The molecule has 0 aliphatic rings. The normalized spacial score (nSPS) is 10.5. The van der Waals surface area contributed by atoms with Gasteiger partial charge in [-0.1, -0.05) is 41.9 Å². The smallest absolute Gasteiger partial charge is 0.221 e. The number of benzene rings is 1. The fourth-order valence-electron chi connectivity index (χ4n) is 1.78. The number of aryl methyl sites for hydroxylation is 2. The highest BCUT2D eigenvalue weighted by atomic mass is 35.5. The van der Waals surface area contributed by atoms with Gasteiger partial charge in [-0.15, -0.1) is 0 Å². The molecule has 0 bridgehead atoms. The summed E-state index contributed by atoms with van der Waals surface area (Å²) in [5.41, 5.74) is 8.64. The Labute approximate surface area is 106 Å². The fourth-order valence-corrected chi connectivity index (χ4v) is 2.10. The first-order valence-corrected chi connectivity index (χ1v) is 5.87. The third-order valence-electron chi connectivity index (χ3n) is 2.69. The van der Waals surface area contributed by atoms with Gasteiger partial charge in [0.25, 0.3) is 0 Å². The zero-order chi connectivity index (χ0) is 12.3. The van der Waals surface area contributed by atoms with E-state index in [0.29, 0.717) is 5.15 Å². The van der Waals surface area contributed by atoms with Gasteiger partial charge in [-0.25, -0.2) is 9.97 Å². The average molecular weight is 248 g/mol. The molecule has 1 aromatic heterocycles. The molecule has 88 valence electrons. The van der Waals surface area contributed by atoms with Crippen LogP contribution in [0.25, 0.3) is 0 Å². The van der Waals surface area contributed by atoms with Crippen molar-refractivity contribution in [3.8, 4) is 0 Å². The van der Waals surface area contributed by atoms with Crippen LogP contribution in [0, 0.1) is 6.92 Å². The summed E-state index contributed by atoms with van der Waals surface area (Å²) in [7, 11) is 0. The number of rotatable bonds is 3. The molecule has 2 aromatic rings. The van der Waals surface area contributed by atoms with Crippen molar-refractivity contribution in [2.75, 3.05) is 5.73 Å². The van der Waals surface area contributed by atoms with Crippen LogP contribution < -0.4 is 5.73 Å². The zero-order valence-electron chi connectivity index (χ0n) is 9.65. The number of halogens is 1. The number of hydrogen-bond acceptors (Lipinski definition) is 3. The first-order valence-electron chi connectivity index (χ1n) is 5.49. The van der Waals surface area contributed by atoms with E-state index in [1.54, 1.807) is 0 Å². The standard InChI is InChI=1S/C13H14ClN3/c1-9-11(12(14)17-13(15)16-9)8-7-10-5-3-2-4-6-10/h2-6H,7-8H2,1H3,(H2,15,16,17). The summed E-state index contributed by atoms with van der Waals surface area (Å²) in [6.07, 6.45) is 1.75. The van der Waals surface area contributed by atoms with Gasteiger partial charge in [0.15, 0.2) is 0 Å². The van der Waals surface area contributed by atoms with Crippen LogP contribution in [0.4, 0.5) is 5.95 Å². The molecular formula is C13H14ClN3. The Balaban J connectivity index is 2.15. The SMILES string of the molecule is Cc1nc(N)nc(Cl)c1CCc1ccccc1. The van der Waals surface area contributed by atoms with Crippen LogP contribution in [0.5, 0.6) is 0 Å². The predicted molar refractivity (Wildman–Crippen MR) is 70.0 cm³/mol. The van der Waals surface area contributed by atoms with Gasteiger partial charge in [0.1, 0.15) is 5.15 Å². The first-order chi connectivity index (χ1) is 8.16. The minimum absolute atomic E-state index is 0.232. The summed E-state index contributed by atoms with van der Waals surface area (Å²) in [5.74, 6) is 0.232. The molecule has 0 saturated carbocycles. The number of hydrogen-bond donors (Lipinski definition) is 1. The lowest BCUT2D eigenvalue weighted by Gasteiger charge is -2.07. The number of anilines is 1. The molecular weight excluding hydrogens is 234 g/mol. The van der Waals surface area contributed by atoms with Gasteiger partial charge in [-0.05, 0) is 25.3 Å². The second-order valence-electron chi connectivity index (χ2n) is 3.92. The topological polar surface area (TPSA) is 51.8 Å². The average Bonchev–Trinajstić information content (AvgIpc) is 2.29. The maximum absolute atomic E-state index is 6.07. The van der Waals surface area contributed by atoms with E-state index in [0.717, 1.165) is 24.1 Å². The lowest BCUT2D eigenvalue weighted by molar-refractivity contribution is 0.915. The summed E-state index contributed by atoms with van der Waals surface area (Å²) in [4.78, 5) is 8.11. The quantitative estimate of drug-likeness (QED) is 0.849. The number of aromatic nitrogens is 2. The van der Waals surface area contributed by atoms with Gasteiger partial charge in [-0.2, -0.15) is 0 Å². The Bertz CT molecular complexity index is 488. The minimum Gasteiger partial charge on any atom is -0.368 e. The van der Waals surface area contributed by atoms with E-state index in [-0.39, 0.29) is 5.95 Å². The highest BCUT2D eigenvalue weighted by Crippen LogP contribution is 2.19. The lowest BCUT2D eigenvalue weighted by Crippen LogP contribution is -2.03. The van der Waals surface area contributed by atoms with Crippen molar-refractivity contribution in [2.24, 2.45) is 0 Å². The molecule has 1 heterocycles. The molecule has 2 rings (SSSR count). The van der Waals surface area contributed by atoms with Crippen LogP contribution in [0.3, 0.4) is 0 Å². The molecule has 1 aromatic carbocycles. The molecule has 0 saturated heterocycles. The van der Waals surface area contributed by atoms with Crippen molar-refractivity contribution in [3.05, 3.63) is 52.3 Å². The summed E-state index contributed by atoms with van der Waals surface area (Å²) < 4.78 is 0. The molecule has 3 nitrogen and oxygen atoms in total. The third kappa shape index (κ3) is 2.94. The first kappa shape index (κ1) is 11.9. The van der Waals surface area contributed by atoms with Crippen molar-refractivity contribution >= 4 is 17.5 Å². The largest absolute Gasteiger partial charge is 0.368 e. The molecule has 0 fully saturated rings. The van der Waals surface area contributed by atoms with Gasteiger partial charge >= 0.3 is 0 Å². The number of nitrogen functional groups attached to an aromatic ring is 1. The van der Waals surface area contributed by atoms with Crippen molar-refractivity contribution in [1.82, 2.24) is 9.97 Å². The summed E-state index contributed by atoms with van der Waals surface area (Å²) in [6, 6.07) is 10.3. The van der Waals surface area contributed by atoms with E-state index in [1.165, 1.54) is 5.56 Å². The van der Waals surface area contributed by atoms with E-state index in [4.69, 9.17) is 17.3 Å². The van der Waals surface area contributed by atoms with E-state index in [9.17, 15) is 0 Å². The van der Waals surface area contributed by atoms with Crippen LogP contribution in [-0.4, -0.2) is 9.97 Å². The summed E-state index contributed by atoms with van der Waals surface area (Å²) in [6.45, 7) is 1.91. The molecule has 17 heavy (non-hydrogen) atoms. The molecule has 2 N–H and O–H groups in total. The second kappa shape index (κ2) is 5.15. The van der Waals surface area contributed by atoms with Crippen LogP contribution in [-0.2, 0) is 12.8 Å². The van der Waals surface area contributed by atoms with Gasteiger partial charge in [0.2, 0.25) is 5.95 Å². The maximum Gasteiger partial charge on any atom is 0.221 e. The van der Waals surface area contributed by atoms with E-state index in [2.05, 4.69) is 22.1 Å². The van der Waals surface area contributed by atoms with Gasteiger partial charge < -0.3 is 5.73 Å². The molecule has 0 spiro atoms. The van der Waals surface area contributed by atoms with Crippen LogP contribution in [0.15, 0.2) is 30.3 Å². The highest BCUT2D eigenvalue weighted by molar-refractivity contribution is 6.30. The Morgan fingerprint density at radius 2 is 1.82 bits per heavy atom. The maximum atomic E-state index is 6.07. The van der Waals surface area contributed by atoms with Crippen LogP contribution in [0.2, 0.25) is 5.15 Å². The van der Waals surface area contributed by atoms with E-state index >= 15 is 0 Å². The summed E-state index contributed by atoms with van der Waals surface area (Å²) >= 11 is 6.07. The monoisotopic (exact) mass is 247 g/mol. The Kier molecular flexibility index (Phi) is 3.59. The minimum atomic E-state index is 0.232. The lowest BCUT2D eigenvalue weighted by atomic mass is 10.0. The van der Waals surface area contributed by atoms with Gasteiger partial charge in [0.05, 0.1) is 0 Å². The molecule has 0 amide bonds. The van der Waals surface area contributed by atoms with Crippen LogP contribution >= 0.6 is 11.6 Å². The Hall–Kier alpha value is -1.61. The molecule has 0 aliphatic carbocycles. The Morgan fingerprint density at radius 3 is 2.47 bits per heavy atom. The molecule has 0 radical (unpaired) electrons. The van der Waals surface area contributed by atoms with Gasteiger partial charge in [0, 0.05) is 11.3 Å². The van der Waals surface area contributed by atoms with Crippen molar-refractivity contribution < 1.29 is 0 Å². The van der Waals surface area contributed by atoms with Crippen molar-refractivity contribution in [3.63, 3.8) is 0 Å². The fraction of sp³-hybridized carbons (Fsp3) is 0.231. The number of nitrogens with zero attached hydrogens (tertiary/aromatic N) is 2. The molecule has 0 aliphatic heterocycles. The Morgan fingerprint density at radius 1 is 1.12 bits per heavy atom. The molecule has 4 heteroatoms. The van der Waals surface area contributed by atoms with Crippen molar-refractivity contribution in [2.45, 2.75) is 19.8 Å². The summed E-state index contributed by atoms with van der Waals surface area (Å²) in [5, 5.41) is 0.464. The van der Waals surface area contributed by atoms with Crippen molar-refractivity contribution in [1.29, 1.82) is 0 Å². The highest BCUT2D eigenvalue weighted by Gasteiger charge is 2.08. The number of nitrogens with two attached hydrogens (primary N) is 1. The molecule has 0 atom stereocenters. The third-order valence-corrected chi connectivity index (χ3v) is 3.00. The van der Waals surface area contributed by atoms with Crippen LogP contribution in [0.1, 0.15) is 16.8 Å². The second-order valence-corrected chi connectivity index (χ2v) is 4.28. The van der Waals surface area contributed by atoms with E-state index < -0.39 is 0 Å². The predicted octanol–water partition coefficient (Wildman–Crippen LogP) is 2.81. The molecule has 0 unspecified atom stereocenters.